The van der Waals surface area contributed by atoms with E-state index in [1.807, 2.05) is 18.2 Å². The smallest absolute Gasteiger partial charge is 0.225 e. The fourth-order valence-corrected chi connectivity index (χ4v) is 5.18. The lowest BCUT2D eigenvalue weighted by Crippen LogP contribution is -2.47. The molecule has 3 aromatic rings. The largest absolute Gasteiger partial charge is 0.390 e. The molecule has 2 bridgehead atoms. The summed E-state index contributed by atoms with van der Waals surface area (Å²) in [5.41, 5.74) is 1.36. The van der Waals surface area contributed by atoms with Crippen LogP contribution in [0.4, 0.5) is 17.6 Å². The van der Waals surface area contributed by atoms with E-state index in [0.717, 1.165) is 30.3 Å². The van der Waals surface area contributed by atoms with Crippen molar-refractivity contribution >= 4 is 40.1 Å². The van der Waals surface area contributed by atoms with Gasteiger partial charge in [-0.25, -0.2) is 4.98 Å². The number of halogens is 1. The third kappa shape index (κ3) is 4.21. The van der Waals surface area contributed by atoms with Crippen molar-refractivity contribution in [3.05, 3.63) is 35.0 Å². The van der Waals surface area contributed by atoms with Gasteiger partial charge < -0.3 is 15.7 Å². The molecular weight excluding hydrogens is 428 g/mol. The van der Waals surface area contributed by atoms with E-state index < -0.39 is 0 Å². The van der Waals surface area contributed by atoms with E-state index in [-0.39, 0.29) is 12.6 Å². The first-order valence-corrected chi connectivity index (χ1v) is 11.3. The molecule has 0 amide bonds. The number of aromatic nitrogens is 4. The van der Waals surface area contributed by atoms with Crippen LogP contribution in [0.3, 0.4) is 0 Å². The number of aliphatic hydroxyl groups excluding tert-OH is 1. The summed E-state index contributed by atoms with van der Waals surface area (Å²) < 4.78 is 0. The summed E-state index contributed by atoms with van der Waals surface area (Å²) in [6, 6.07) is 10.8. The predicted octanol–water partition coefficient (Wildman–Crippen LogP) is 3.56. The highest BCUT2D eigenvalue weighted by molar-refractivity contribution is 6.31. The van der Waals surface area contributed by atoms with Gasteiger partial charge in [-0.05, 0) is 43.9 Å². The Labute approximate surface area is 190 Å². The van der Waals surface area contributed by atoms with Gasteiger partial charge in [0.05, 0.1) is 23.9 Å². The van der Waals surface area contributed by atoms with Crippen LogP contribution in [0.15, 0.2) is 24.3 Å². The average molecular weight is 453 g/mol. The van der Waals surface area contributed by atoms with Gasteiger partial charge in [0, 0.05) is 47.6 Å². The molecule has 2 aliphatic heterocycles. The number of hydrogen-bond acceptors (Lipinski definition) is 8. The van der Waals surface area contributed by atoms with Gasteiger partial charge >= 0.3 is 0 Å². The second kappa shape index (κ2) is 8.90. The van der Waals surface area contributed by atoms with Crippen LogP contribution in [-0.4, -0.2) is 54.8 Å². The fourth-order valence-electron chi connectivity index (χ4n) is 5.01. The Morgan fingerprint density at radius 3 is 2.75 bits per heavy atom. The van der Waals surface area contributed by atoms with Crippen molar-refractivity contribution < 1.29 is 5.11 Å². The molecule has 32 heavy (non-hydrogen) atoms. The topological polar surface area (TPSA) is 126 Å². The quantitative estimate of drug-likeness (QED) is 0.428. The molecule has 3 atom stereocenters. The van der Waals surface area contributed by atoms with Crippen LogP contribution < -0.4 is 10.6 Å². The number of aromatic amines is 1. The van der Waals surface area contributed by atoms with E-state index in [1.54, 1.807) is 6.07 Å². The number of H-pyrrole nitrogens is 1. The molecule has 1 unspecified atom stereocenters. The molecule has 2 aromatic heterocycles. The van der Waals surface area contributed by atoms with E-state index in [9.17, 15) is 5.11 Å². The standard InChI is InChI=1S/C22H25ClN8O/c23-13-2-5-18-19(8-13)26-22(28-21(18)27-20-11-15(12-32)29-30-20)25-14-9-16-3-4-17(10-14)31(16)7-1-6-24/h2,5,8,11,14,16-17,32H,1,3-4,7,9-10,12H2,(H3,25,26,27,28,29,30)/t14?,16-,17+. The summed E-state index contributed by atoms with van der Waals surface area (Å²) in [6.07, 6.45) is 4.98. The maximum absolute atomic E-state index is 9.29. The number of nitrogens with one attached hydrogen (secondary N) is 3. The summed E-state index contributed by atoms with van der Waals surface area (Å²) in [6.45, 7) is 0.744. The monoisotopic (exact) mass is 452 g/mol. The number of anilines is 3. The molecular formula is C22H25ClN8O. The first-order valence-electron chi connectivity index (χ1n) is 10.9. The van der Waals surface area contributed by atoms with Gasteiger partial charge in [-0.2, -0.15) is 15.3 Å². The zero-order valence-corrected chi connectivity index (χ0v) is 18.3. The Hall–Kier alpha value is -2.93. The molecule has 4 heterocycles. The van der Waals surface area contributed by atoms with Crippen molar-refractivity contribution in [1.82, 2.24) is 25.1 Å². The zero-order valence-electron chi connectivity index (χ0n) is 17.6. The third-order valence-corrected chi connectivity index (χ3v) is 6.64. The van der Waals surface area contributed by atoms with Crippen LogP contribution in [0.1, 0.15) is 37.8 Å². The van der Waals surface area contributed by atoms with Crippen molar-refractivity contribution in [3.63, 3.8) is 0 Å². The lowest BCUT2D eigenvalue weighted by molar-refractivity contribution is 0.135. The van der Waals surface area contributed by atoms with Crippen LogP contribution in [0, 0.1) is 11.3 Å². The number of nitrogens with zero attached hydrogens (tertiary/aromatic N) is 5. The summed E-state index contributed by atoms with van der Waals surface area (Å²) in [7, 11) is 0. The molecule has 5 rings (SSSR count). The molecule has 9 nitrogen and oxygen atoms in total. The first kappa shape index (κ1) is 20.9. The van der Waals surface area contributed by atoms with Crippen molar-refractivity contribution in [1.29, 1.82) is 5.26 Å². The van der Waals surface area contributed by atoms with E-state index >= 15 is 0 Å². The second-order valence-electron chi connectivity index (χ2n) is 8.46. The summed E-state index contributed by atoms with van der Waals surface area (Å²) >= 11 is 6.23. The molecule has 166 valence electrons. The Balaban J connectivity index is 1.39. The number of nitriles is 1. The van der Waals surface area contributed by atoms with Gasteiger partial charge in [0.2, 0.25) is 5.95 Å². The van der Waals surface area contributed by atoms with Crippen molar-refractivity contribution in [2.75, 3.05) is 17.2 Å². The van der Waals surface area contributed by atoms with E-state index in [4.69, 9.17) is 26.8 Å². The second-order valence-corrected chi connectivity index (χ2v) is 8.90. The molecule has 0 spiro atoms. The normalized spacial score (nSPS) is 22.7. The number of rotatable bonds is 7. The molecule has 0 radical (unpaired) electrons. The van der Waals surface area contributed by atoms with Gasteiger partial charge in [-0.3, -0.25) is 10.00 Å². The molecule has 1 aromatic carbocycles. The highest BCUT2D eigenvalue weighted by atomic mass is 35.5. The Morgan fingerprint density at radius 2 is 2.03 bits per heavy atom. The highest BCUT2D eigenvalue weighted by Crippen LogP contribution is 2.37. The molecule has 2 aliphatic rings. The maximum atomic E-state index is 9.29. The van der Waals surface area contributed by atoms with Crippen molar-refractivity contribution in [3.8, 4) is 6.07 Å². The minimum Gasteiger partial charge on any atom is -0.390 e. The maximum Gasteiger partial charge on any atom is 0.225 e. The summed E-state index contributed by atoms with van der Waals surface area (Å²) in [4.78, 5) is 12.0. The Morgan fingerprint density at radius 1 is 1.22 bits per heavy atom. The Bertz CT molecular complexity index is 1140. The highest BCUT2D eigenvalue weighted by Gasteiger charge is 2.40. The predicted molar refractivity (Wildman–Crippen MR) is 123 cm³/mol. The summed E-state index contributed by atoms with van der Waals surface area (Å²) in [5.74, 6) is 1.74. The molecule has 0 saturated carbocycles. The van der Waals surface area contributed by atoms with E-state index in [1.165, 1.54) is 12.8 Å². The number of hydrogen-bond donors (Lipinski definition) is 4. The summed E-state index contributed by atoms with van der Waals surface area (Å²) in [5, 5.41) is 33.4. The first-order chi connectivity index (χ1) is 15.6. The van der Waals surface area contributed by atoms with Crippen LogP contribution >= 0.6 is 11.6 Å². The number of piperidine rings is 1. The van der Waals surface area contributed by atoms with Gasteiger partial charge in [0.1, 0.15) is 5.82 Å². The van der Waals surface area contributed by atoms with Gasteiger partial charge in [-0.1, -0.05) is 11.6 Å². The molecule has 2 saturated heterocycles. The van der Waals surface area contributed by atoms with Crippen LogP contribution in [0.5, 0.6) is 0 Å². The van der Waals surface area contributed by atoms with Crippen LogP contribution in [0.2, 0.25) is 5.02 Å². The van der Waals surface area contributed by atoms with Crippen LogP contribution in [0.25, 0.3) is 10.9 Å². The number of fused-ring (bicyclic) bond motifs is 3. The van der Waals surface area contributed by atoms with Crippen LogP contribution in [-0.2, 0) is 6.61 Å². The molecule has 10 heteroatoms. The number of aliphatic hydroxyl groups is 1. The third-order valence-electron chi connectivity index (χ3n) is 6.41. The molecule has 2 fully saturated rings. The minimum absolute atomic E-state index is 0.114. The minimum atomic E-state index is -0.114. The Kier molecular flexibility index (Phi) is 5.83. The average Bonchev–Trinajstić information content (AvgIpc) is 3.33. The van der Waals surface area contributed by atoms with Gasteiger partial charge in [0.25, 0.3) is 0 Å². The SMILES string of the molecule is N#CCCN1[C@@H]2CC[C@H]1CC(Nc1nc(Nc3cc(CO)[nH]n3)c3ccc(Cl)cc3n1)C2. The fraction of sp³-hybridized carbons (Fsp3) is 0.455. The molecule has 4 N–H and O–H groups in total. The molecule has 0 aliphatic carbocycles. The van der Waals surface area contributed by atoms with E-state index in [2.05, 4.69) is 31.8 Å². The lowest BCUT2D eigenvalue weighted by Gasteiger charge is -2.38. The number of benzene rings is 1. The van der Waals surface area contributed by atoms with Crippen molar-refractivity contribution in [2.45, 2.75) is 56.8 Å². The van der Waals surface area contributed by atoms with Gasteiger partial charge in [0.15, 0.2) is 5.82 Å². The lowest BCUT2D eigenvalue weighted by atomic mass is 9.97. The van der Waals surface area contributed by atoms with Crippen molar-refractivity contribution in [2.24, 2.45) is 0 Å². The zero-order chi connectivity index (χ0) is 22.1. The van der Waals surface area contributed by atoms with Gasteiger partial charge in [-0.15, -0.1) is 0 Å². The van der Waals surface area contributed by atoms with E-state index in [0.29, 0.717) is 46.8 Å².